The highest BCUT2D eigenvalue weighted by Crippen LogP contribution is 2.30. The van der Waals surface area contributed by atoms with Crippen LogP contribution in [0.5, 0.6) is 0 Å². The van der Waals surface area contributed by atoms with Gasteiger partial charge in [0.25, 0.3) is 5.89 Å². The number of nitrogens with zero attached hydrogens (tertiary/aromatic N) is 4. The Morgan fingerprint density at radius 1 is 1.27 bits per heavy atom. The van der Waals surface area contributed by atoms with Gasteiger partial charge < -0.3 is 14.2 Å². The smallest absolute Gasteiger partial charge is 0.258 e. The number of pyridine rings is 1. The minimum Gasteiger partial charge on any atom is -0.367 e. The lowest BCUT2D eigenvalue weighted by Gasteiger charge is -2.37. The Kier molecular flexibility index (Phi) is 4.74. The quantitative estimate of drug-likeness (QED) is 0.683. The van der Waals surface area contributed by atoms with Gasteiger partial charge in [0.15, 0.2) is 5.82 Å². The number of rotatable bonds is 4. The molecule has 4 rings (SSSR count). The Hall–Kier alpha value is -2.25. The second kappa shape index (κ2) is 7.17. The van der Waals surface area contributed by atoms with E-state index in [1.165, 1.54) is 5.56 Å². The van der Waals surface area contributed by atoms with Crippen molar-refractivity contribution < 1.29 is 9.26 Å². The normalized spacial score (nSPS) is 20.7. The fourth-order valence-corrected chi connectivity index (χ4v) is 3.79. The summed E-state index contributed by atoms with van der Waals surface area (Å²) in [6.45, 7) is 7.78. The van der Waals surface area contributed by atoms with Crippen molar-refractivity contribution >= 4 is 17.2 Å². The Morgan fingerprint density at radius 2 is 2.15 bits per heavy atom. The molecule has 0 N–H and O–H groups in total. The molecule has 7 heteroatoms. The maximum Gasteiger partial charge on any atom is 0.258 e. The Balaban J connectivity index is 1.59. The van der Waals surface area contributed by atoms with Crippen molar-refractivity contribution in [2.45, 2.75) is 38.9 Å². The molecule has 1 saturated heterocycles. The van der Waals surface area contributed by atoms with Gasteiger partial charge >= 0.3 is 0 Å². The second-order valence-corrected chi connectivity index (χ2v) is 7.69. The van der Waals surface area contributed by atoms with Crippen LogP contribution >= 0.6 is 11.3 Å². The molecule has 1 aliphatic rings. The number of hydrogen-bond donors (Lipinski definition) is 0. The summed E-state index contributed by atoms with van der Waals surface area (Å²) in [7, 11) is 0. The third-order valence-corrected chi connectivity index (χ3v) is 5.15. The van der Waals surface area contributed by atoms with E-state index in [1.54, 1.807) is 17.5 Å². The van der Waals surface area contributed by atoms with Gasteiger partial charge in [0.2, 0.25) is 0 Å². The number of anilines is 1. The number of morpholine rings is 1. The number of ether oxygens (including phenoxy) is 1. The summed E-state index contributed by atoms with van der Waals surface area (Å²) >= 11 is 1.69. The highest BCUT2D eigenvalue weighted by molar-refractivity contribution is 7.07. The molecule has 4 heterocycles. The van der Waals surface area contributed by atoms with Crippen molar-refractivity contribution in [1.82, 2.24) is 15.1 Å². The van der Waals surface area contributed by atoms with Crippen LogP contribution in [0.3, 0.4) is 0 Å². The standard InChI is InChI=1S/C19H22N4O2S/c1-12(2)18-21-19(25-22-18)14-4-6-20-17(8-14)23-9-13(3)24-16(10-23)15-5-7-26-11-15/h4-8,11-13,16H,9-10H2,1-3H3. The maximum absolute atomic E-state index is 6.12. The van der Waals surface area contributed by atoms with Gasteiger partial charge in [0.05, 0.1) is 6.10 Å². The van der Waals surface area contributed by atoms with E-state index >= 15 is 0 Å². The highest BCUT2D eigenvalue weighted by atomic mass is 32.1. The fraction of sp³-hybridized carbons (Fsp3) is 0.421. The minimum atomic E-state index is 0.0615. The highest BCUT2D eigenvalue weighted by Gasteiger charge is 2.28. The summed E-state index contributed by atoms with van der Waals surface area (Å²) in [6, 6.07) is 6.04. The van der Waals surface area contributed by atoms with Gasteiger partial charge in [0, 0.05) is 30.8 Å². The SMILES string of the molecule is CC1CN(c2cc(-c3nc(C(C)C)no3)ccn2)CC(c2ccsc2)O1. The van der Waals surface area contributed by atoms with Crippen LogP contribution in [0.4, 0.5) is 5.82 Å². The molecule has 0 bridgehead atoms. The van der Waals surface area contributed by atoms with Gasteiger partial charge in [-0.15, -0.1) is 0 Å². The Labute approximate surface area is 156 Å². The van der Waals surface area contributed by atoms with Crippen LogP contribution in [-0.4, -0.2) is 34.3 Å². The zero-order chi connectivity index (χ0) is 18.1. The van der Waals surface area contributed by atoms with Crippen LogP contribution in [0.1, 0.15) is 44.2 Å². The van der Waals surface area contributed by atoms with Crippen LogP contribution in [0.25, 0.3) is 11.5 Å². The summed E-state index contributed by atoms with van der Waals surface area (Å²) in [4.78, 5) is 11.3. The molecule has 1 fully saturated rings. The Bertz CT molecular complexity index is 862. The van der Waals surface area contributed by atoms with E-state index in [0.717, 1.165) is 30.3 Å². The summed E-state index contributed by atoms with van der Waals surface area (Å²) < 4.78 is 11.5. The molecule has 0 spiro atoms. The summed E-state index contributed by atoms with van der Waals surface area (Å²) in [5, 5.41) is 8.29. The van der Waals surface area contributed by atoms with Crippen LogP contribution in [0.15, 0.2) is 39.7 Å². The maximum atomic E-state index is 6.12. The first-order chi connectivity index (χ1) is 12.6. The van der Waals surface area contributed by atoms with Gasteiger partial charge in [-0.1, -0.05) is 19.0 Å². The van der Waals surface area contributed by atoms with E-state index in [4.69, 9.17) is 9.26 Å². The molecule has 26 heavy (non-hydrogen) atoms. The van der Waals surface area contributed by atoms with Crippen molar-refractivity contribution in [2.75, 3.05) is 18.0 Å². The zero-order valence-corrected chi connectivity index (χ0v) is 15.9. The molecular formula is C19H22N4O2S. The van der Waals surface area contributed by atoms with Gasteiger partial charge in [-0.05, 0) is 41.4 Å². The predicted octanol–water partition coefficient (Wildman–Crippen LogP) is 4.28. The average molecular weight is 370 g/mol. The summed E-state index contributed by atoms with van der Waals surface area (Å²) in [6.07, 6.45) is 1.99. The van der Waals surface area contributed by atoms with E-state index in [-0.39, 0.29) is 18.1 Å². The first kappa shape index (κ1) is 17.2. The van der Waals surface area contributed by atoms with Crippen molar-refractivity contribution in [1.29, 1.82) is 0 Å². The zero-order valence-electron chi connectivity index (χ0n) is 15.1. The summed E-state index contributed by atoms with van der Waals surface area (Å²) in [5.41, 5.74) is 2.11. The molecule has 0 radical (unpaired) electrons. The van der Waals surface area contributed by atoms with E-state index < -0.39 is 0 Å². The lowest BCUT2D eigenvalue weighted by atomic mass is 10.1. The van der Waals surface area contributed by atoms with Crippen molar-refractivity contribution in [3.63, 3.8) is 0 Å². The molecule has 3 aromatic heterocycles. The Morgan fingerprint density at radius 3 is 2.88 bits per heavy atom. The molecule has 2 unspecified atom stereocenters. The van der Waals surface area contributed by atoms with Crippen molar-refractivity contribution in [2.24, 2.45) is 0 Å². The molecule has 0 saturated carbocycles. The van der Waals surface area contributed by atoms with Crippen LogP contribution in [0, 0.1) is 0 Å². The molecule has 6 nitrogen and oxygen atoms in total. The minimum absolute atomic E-state index is 0.0615. The largest absolute Gasteiger partial charge is 0.367 e. The number of hydrogen-bond acceptors (Lipinski definition) is 7. The second-order valence-electron chi connectivity index (χ2n) is 6.91. The van der Waals surface area contributed by atoms with E-state index in [2.05, 4.69) is 43.8 Å². The third-order valence-electron chi connectivity index (χ3n) is 4.45. The van der Waals surface area contributed by atoms with Crippen molar-refractivity contribution in [3.05, 3.63) is 46.5 Å². The monoisotopic (exact) mass is 370 g/mol. The van der Waals surface area contributed by atoms with E-state index in [0.29, 0.717) is 5.89 Å². The number of aromatic nitrogens is 3. The van der Waals surface area contributed by atoms with Crippen LogP contribution in [-0.2, 0) is 4.74 Å². The van der Waals surface area contributed by atoms with Gasteiger partial charge in [-0.25, -0.2) is 4.98 Å². The first-order valence-corrected chi connectivity index (χ1v) is 9.77. The van der Waals surface area contributed by atoms with Crippen LogP contribution < -0.4 is 4.90 Å². The molecule has 1 aliphatic heterocycles. The molecule has 3 aromatic rings. The van der Waals surface area contributed by atoms with E-state index in [1.807, 2.05) is 26.0 Å². The molecular weight excluding hydrogens is 348 g/mol. The molecule has 136 valence electrons. The topological polar surface area (TPSA) is 64.3 Å². The average Bonchev–Trinajstić information content (AvgIpc) is 3.33. The number of thiophene rings is 1. The van der Waals surface area contributed by atoms with Gasteiger partial charge in [-0.2, -0.15) is 16.3 Å². The third kappa shape index (κ3) is 3.50. The van der Waals surface area contributed by atoms with Crippen molar-refractivity contribution in [3.8, 4) is 11.5 Å². The van der Waals surface area contributed by atoms with Gasteiger partial charge in [0.1, 0.15) is 11.9 Å². The molecule has 0 aliphatic carbocycles. The van der Waals surface area contributed by atoms with Crippen LogP contribution in [0.2, 0.25) is 0 Å². The lowest BCUT2D eigenvalue weighted by molar-refractivity contribution is -0.0173. The molecule has 0 aromatic carbocycles. The summed E-state index contributed by atoms with van der Waals surface area (Å²) in [5.74, 6) is 2.39. The fourth-order valence-electron chi connectivity index (χ4n) is 3.09. The molecule has 2 atom stereocenters. The van der Waals surface area contributed by atoms with Gasteiger partial charge in [-0.3, -0.25) is 0 Å². The first-order valence-electron chi connectivity index (χ1n) is 8.82. The molecule has 0 amide bonds. The lowest BCUT2D eigenvalue weighted by Crippen LogP contribution is -2.43. The van der Waals surface area contributed by atoms with E-state index in [9.17, 15) is 0 Å². The predicted molar refractivity (Wildman–Crippen MR) is 101 cm³/mol.